The lowest BCUT2D eigenvalue weighted by Gasteiger charge is -2.22. The second-order valence-corrected chi connectivity index (χ2v) is 4.08. The van der Waals surface area contributed by atoms with Crippen molar-refractivity contribution in [1.29, 1.82) is 0 Å². The molecule has 1 saturated heterocycles. The zero-order chi connectivity index (χ0) is 8.77. The minimum absolute atomic E-state index is 0. The van der Waals surface area contributed by atoms with Gasteiger partial charge in [0.1, 0.15) is 0 Å². The van der Waals surface area contributed by atoms with Gasteiger partial charge in [0.05, 0.1) is 0 Å². The van der Waals surface area contributed by atoms with Crippen LogP contribution >= 0.6 is 12.4 Å². The minimum atomic E-state index is -2.35. The molecule has 1 aliphatic carbocycles. The molecule has 2 atom stereocenters. The van der Waals surface area contributed by atoms with E-state index in [4.69, 9.17) is 0 Å². The van der Waals surface area contributed by atoms with Gasteiger partial charge in [-0.25, -0.2) is 8.78 Å². The van der Waals surface area contributed by atoms with Crippen molar-refractivity contribution in [3.63, 3.8) is 0 Å². The molecule has 1 saturated carbocycles. The van der Waals surface area contributed by atoms with Crippen molar-refractivity contribution in [3.05, 3.63) is 0 Å². The van der Waals surface area contributed by atoms with Crippen LogP contribution in [-0.4, -0.2) is 19.0 Å². The Bertz CT molecular complexity index is 180. The topological polar surface area (TPSA) is 12.0 Å². The highest BCUT2D eigenvalue weighted by Gasteiger charge is 2.67. The van der Waals surface area contributed by atoms with Crippen molar-refractivity contribution >= 4 is 12.4 Å². The summed E-state index contributed by atoms with van der Waals surface area (Å²) < 4.78 is 25.9. The fourth-order valence-electron chi connectivity index (χ4n) is 2.44. The summed E-state index contributed by atoms with van der Waals surface area (Å²) in [6, 6.07) is 0. The molecule has 1 N–H and O–H groups in total. The molecule has 78 valence electrons. The molecule has 1 heterocycles. The first-order valence-corrected chi connectivity index (χ1v) is 4.72. The maximum Gasteiger partial charge on any atom is 0.254 e. The Kier molecular flexibility index (Phi) is 3.18. The summed E-state index contributed by atoms with van der Waals surface area (Å²) in [7, 11) is 0. The molecule has 0 radical (unpaired) electrons. The first-order chi connectivity index (χ1) is 5.64. The zero-order valence-corrected chi connectivity index (χ0v) is 8.54. The molecule has 2 unspecified atom stereocenters. The SMILES string of the molecule is CC1C(C2CCNCC2)C1(F)F.Cl. The highest BCUT2D eigenvalue weighted by molar-refractivity contribution is 5.85. The molecule has 1 aliphatic heterocycles. The number of hydrogen-bond donors (Lipinski definition) is 1. The lowest BCUT2D eigenvalue weighted by molar-refractivity contribution is 0.0714. The highest BCUT2D eigenvalue weighted by atomic mass is 35.5. The average molecular weight is 212 g/mol. The van der Waals surface area contributed by atoms with E-state index in [2.05, 4.69) is 5.32 Å². The van der Waals surface area contributed by atoms with Crippen LogP contribution in [0.1, 0.15) is 19.8 Å². The van der Waals surface area contributed by atoms with Crippen LogP contribution in [-0.2, 0) is 0 Å². The highest BCUT2D eigenvalue weighted by Crippen LogP contribution is 2.60. The van der Waals surface area contributed by atoms with Crippen molar-refractivity contribution in [3.8, 4) is 0 Å². The third-order valence-electron chi connectivity index (χ3n) is 3.37. The van der Waals surface area contributed by atoms with Crippen LogP contribution in [0.2, 0.25) is 0 Å². The van der Waals surface area contributed by atoms with Crippen LogP contribution < -0.4 is 5.32 Å². The van der Waals surface area contributed by atoms with E-state index in [0.29, 0.717) is 0 Å². The summed E-state index contributed by atoms with van der Waals surface area (Å²) in [6.07, 6.45) is 1.87. The van der Waals surface area contributed by atoms with Crippen molar-refractivity contribution < 1.29 is 8.78 Å². The lowest BCUT2D eigenvalue weighted by atomic mass is 9.92. The summed E-state index contributed by atoms with van der Waals surface area (Å²) in [4.78, 5) is 0. The second kappa shape index (κ2) is 3.70. The van der Waals surface area contributed by atoms with Gasteiger partial charge in [-0.2, -0.15) is 0 Å². The van der Waals surface area contributed by atoms with Crippen molar-refractivity contribution in [2.45, 2.75) is 25.7 Å². The van der Waals surface area contributed by atoms with Gasteiger partial charge >= 0.3 is 0 Å². The summed E-state index contributed by atoms with van der Waals surface area (Å²) in [5, 5.41) is 3.19. The quantitative estimate of drug-likeness (QED) is 0.702. The fraction of sp³-hybridized carbons (Fsp3) is 1.00. The molecule has 1 nitrogen and oxygen atoms in total. The normalized spacial score (nSPS) is 38.1. The van der Waals surface area contributed by atoms with Crippen molar-refractivity contribution in [2.75, 3.05) is 13.1 Å². The van der Waals surface area contributed by atoms with Crippen LogP contribution in [0.5, 0.6) is 0 Å². The molecule has 0 spiro atoms. The molecule has 0 amide bonds. The summed E-state index contributed by atoms with van der Waals surface area (Å²) in [5.74, 6) is -2.74. The van der Waals surface area contributed by atoms with Crippen LogP contribution in [0.15, 0.2) is 0 Å². The summed E-state index contributed by atoms with van der Waals surface area (Å²) >= 11 is 0. The van der Waals surface area contributed by atoms with Crippen LogP contribution in [0.4, 0.5) is 8.78 Å². The number of hydrogen-bond acceptors (Lipinski definition) is 1. The average Bonchev–Trinajstić information content (AvgIpc) is 2.53. The smallest absolute Gasteiger partial charge is 0.254 e. The first kappa shape index (κ1) is 11.2. The Morgan fingerprint density at radius 2 is 1.69 bits per heavy atom. The molecule has 13 heavy (non-hydrogen) atoms. The number of halogens is 3. The van der Waals surface area contributed by atoms with Gasteiger partial charge in [-0.3, -0.25) is 0 Å². The molecule has 0 aromatic heterocycles. The fourth-order valence-corrected chi connectivity index (χ4v) is 2.44. The molecule has 0 aromatic carbocycles. The maximum atomic E-state index is 13.0. The number of rotatable bonds is 1. The van der Waals surface area contributed by atoms with E-state index >= 15 is 0 Å². The Labute approximate surface area is 83.7 Å². The summed E-state index contributed by atoms with van der Waals surface area (Å²) in [5.41, 5.74) is 0. The summed E-state index contributed by atoms with van der Waals surface area (Å²) in [6.45, 7) is 3.51. The van der Waals surface area contributed by atoms with Crippen LogP contribution in [0.3, 0.4) is 0 Å². The van der Waals surface area contributed by atoms with E-state index in [-0.39, 0.29) is 30.2 Å². The first-order valence-electron chi connectivity index (χ1n) is 4.72. The largest absolute Gasteiger partial charge is 0.317 e. The Morgan fingerprint density at radius 1 is 1.23 bits per heavy atom. The molecular weight excluding hydrogens is 196 g/mol. The zero-order valence-electron chi connectivity index (χ0n) is 7.72. The van der Waals surface area contributed by atoms with Gasteiger partial charge in [0.25, 0.3) is 5.92 Å². The van der Waals surface area contributed by atoms with E-state index in [1.807, 2.05) is 0 Å². The van der Waals surface area contributed by atoms with E-state index in [1.165, 1.54) is 0 Å². The van der Waals surface area contributed by atoms with Crippen LogP contribution in [0.25, 0.3) is 0 Å². The van der Waals surface area contributed by atoms with E-state index in [1.54, 1.807) is 6.92 Å². The third kappa shape index (κ3) is 1.82. The third-order valence-corrected chi connectivity index (χ3v) is 3.37. The molecule has 2 rings (SSSR count). The maximum absolute atomic E-state index is 13.0. The van der Waals surface area contributed by atoms with Gasteiger partial charge in [0.2, 0.25) is 0 Å². The van der Waals surface area contributed by atoms with E-state index in [0.717, 1.165) is 25.9 Å². The van der Waals surface area contributed by atoms with E-state index < -0.39 is 5.92 Å². The molecule has 4 heteroatoms. The number of nitrogens with one attached hydrogen (secondary N) is 1. The standard InChI is InChI=1S/C9H15F2N.ClH/c1-6-8(9(6,10)11)7-2-4-12-5-3-7;/h6-8,12H,2-5H2,1H3;1H. The molecule has 0 aromatic rings. The predicted molar refractivity (Wildman–Crippen MR) is 50.4 cm³/mol. The predicted octanol–water partition coefficient (Wildman–Crippen LogP) is 2.31. The number of piperidine rings is 1. The van der Waals surface area contributed by atoms with Crippen molar-refractivity contribution in [2.24, 2.45) is 17.8 Å². The Balaban J connectivity index is 0.000000845. The monoisotopic (exact) mass is 211 g/mol. The number of alkyl halides is 2. The molecular formula is C9H16ClF2N. The van der Waals surface area contributed by atoms with Gasteiger partial charge in [0.15, 0.2) is 0 Å². The van der Waals surface area contributed by atoms with Crippen LogP contribution in [0, 0.1) is 17.8 Å². The molecule has 2 fully saturated rings. The molecule has 2 aliphatic rings. The Hall–Kier alpha value is 0.110. The van der Waals surface area contributed by atoms with Gasteiger partial charge in [-0.15, -0.1) is 12.4 Å². The van der Waals surface area contributed by atoms with Gasteiger partial charge in [-0.1, -0.05) is 6.92 Å². The second-order valence-electron chi connectivity index (χ2n) is 4.08. The molecule has 0 bridgehead atoms. The lowest BCUT2D eigenvalue weighted by Crippen LogP contribution is -2.29. The van der Waals surface area contributed by atoms with E-state index in [9.17, 15) is 8.78 Å². The van der Waals surface area contributed by atoms with Gasteiger partial charge in [-0.05, 0) is 31.8 Å². The minimum Gasteiger partial charge on any atom is -0.317 e. The van der Waals surface area contributed by atoms with Crippen molar-refractivity contribution in [1.82, 2.24) is 5.32 Å². The van der Waals surface area contributed by atoms with Gasteiger partial charge in [0, 0.05) is 11.8 Å². The van der Waals surface area contributed by atoms with Gasteiger partial charge < -0.3 is 5.32 Å². The Morgan fingerprint density at radius 3 is 2.08 bits per heavy atom.